The first-order valence-electron chi connectivity index (χ1n) is 4.84. The van der Waals surface area contributed by atoms with Gasteiger partial charge in [-0.15, -0.1) is 12.3 Å². The van der Waals surface area contributed by atoms with Gasteiger partial charge >= 0.3 is 0 Å². The van der Waals surface area contributed by atoms with Gasteiger partial charge < -0.3 is 11.1 Å². The van der Waals surface area contributed by atoms with Gasteiger partial charge in [-0.3, -0.25) is 4.79 Å². The first-order chi connectivity index (χ1) is 7.54. The molecule has 3 N–H and O–H groups in total. The molecule has 0 aliphatic heterocycles. The van der Waals surface area contributed by atoms with E-state index in [0.29, 0.717) is 17.7 Å². The van der Waals surface area contributed by atoms with Crippen molar-refractivity contribution in [3.05, 3.63) is 28.2 Å². The molecule has 0 spiro atoms. The van der Waals surface area contributed by atoms with Gasteiger partial charge in [0.1, 0.15) is 0 Å². The van der Waals surface area contributed by atoms with E-state index in [1.54, 1.807) is 18.2 Å². The lowest BCUT2D eigenvalue weighted by Crippen LogP contribution is -2.32. The minimum absolute atomic E-state index is 0.0594. The Balaban J connectivity index is 2.81. The molecule has 16 heavy (non-hydrogen) atoms. The molecule has 1 amide bonds. The highest BCUT2D eigenvalue weighted by Gasteiger charge is 2.12. The van der Waals surface area contributed by atoms with Crippen LogP contribution in [0.15, 0.2) is 22.7 Å². The number of hydrogen-bond acceptors (Lipinski definition) is 2. The number of anilines is 1. The zero-order valence-electron chi connectivity index (χ0n) is 8.96. The van der Waals surface area contributed by atoms with E-state index in [1.807, 2.05) is 6.92 Å². The maximum atomic E-state index is 11.8. The van der Waals surface area contributed by atoms with Crippen LogP contribution in [0, 0.1) is 12.3 Å². The molecule has 0 saturated carbocycles. The van der Waals surface area contributed by atoms with E-state index < -0.39 is 0 Å². The van der Waals surface area contributed by atoms with E-state index in [-0.39, 0.29) is 11.9 Å². The number of rotatable bonds is 3. The van der Waals surface area contributed by atoms with Crippen LogP contribution in [0.2, 0.25) is 0 Å². The Morgan fingerprint density at radius 2 is 2.38 bits per heavy atom. The summed E-state index contributed by atoms with van der Waals surface area (Å²) >= 11 is 3.29. The van der Waals surface area contributed by atoms with Gasteiger partial charge in [-0.2, -0.15) is 0 Å². The van der Waals surface area contributed by atoms with Crippen molar-refractivity contribution in [2.75, 3.05) is 5.73 Å². The number of amides is 1. The Hall–Kier alpha value is -1.47. The SMILES string of the molecule is C#CCC(C)NC(=O)c1cc(Br)ccc1N. The lowest BCUT2D eigenvalue weighted by Gasteiger charge is -2.12. The molecule has 84 valence electrons. The van der Waals surface area contributed by atoms with E-state index in [1.165, 1.54) is 0 Å². The van der Waals surface area contributed by atoms with Gasteiger partial charge in [0, 0.05) is 22.6 Å². The summed E-state index contributed by atoms with van der Waals surface area (Å²) < 4.78 is 0.816. The quantitative estimate of drug-likeness (QED) is 0.659. The highest BCUT2D eigenvalue weighted by Crippen LogP contribution is 2.18. The lowest BCUT2D eigenvalue weighted by molar-refractivity contribution is 0.0941. The third-order valence-corrected chi connectivity index (χ3v) is 2.55. The molecule has 0 saturated heterocycles. The van der Waals surface area contributed by atoms with Crippen LogP contribution in [0.3, 0.4) is 0 Å². The fourth-order valence-electron chi connectivity index (χ4n) is 1.25. The second-order valence-corrected chi connectivity index (χ2v) is 4.43. The average molecular weight is 281 g/mol. The molecule has 0 aliphatic carbocycles. The monoisotopic (exact) mass is 280 g/mol. The molecule has 3 nitrogen and oxygen atoms in total. The lowest BCUT2D eigenvalue weighted by atomic mass is 10.1. The fourth-order valence-corrected chi connectivity index (χ4v) is 1.62. The van der Waals surface area contributed by atoms with E-state index in [9.17, 15) is 4.79 Å². The van der Waals surface area contributed by atoms with Gasteiger partial charge in [-0.1, -0.05) is 15.9 Å². The first-order valence-corrected chi connectivity index (χ1v) is 5.63. The van der Waals surface area contributed by atoms with Crippen molar-refractivity contribution in [2.24, 2.45) is 0 Å². The third-order valence-electron chi connectivity index (χ3n) is 2.06. The molecule has 0 radical (unpaired) electrons. The van der Waals surface area contributed by atoms with Crippen molar-refractivity contribution in [3.63, 3.8) is 0 Å². The number of nitrogens with two attached hydrogens (primary N) is 1. The summed E-state index contributed by atoms with van der Waals surface area (Å²) in [5, 5.41) is 2.78. The third kappa shape index (κ3) is 3.28. The maximum Gasteiger partial charge on any atom is 0.253 e. The highest BCUT2D eigenvalue weighted by molar-refractivity contribution is 9.10. The molecule has 0 fully saturated rings. The second-order valence-electron chi connectivity index (χ2n) is 3.51. The maximum absolute atomic E-state index is 11.8. The summed E-state index contributed by atoms with van der Waals surface area (Å²) in [6.07, 6.45) is 5.66. The van der Waals surface area contributed by atoms with Gasteiger partial charge in [0.25, 0.3) is 5.91 Å². The largest absolute Gasteiger partial charge is 0.398 e. The van der Waals surface area contributed by atoms with Crippen LogP contribution < -0.4 is 11.1 Å². The van der Waals surface area contributed by atoms with Crippen molar-refractivity contribution in [3.8, 4) is 12.3 Å². The molecular weight excluding hydrogens is 268 g/mol. The predicted molar refractivity (Wildman–Crippen MR) is 68.9 cm³/mol. The number of terminal acetylenes is 1. The highest BCUT2D eigenvalue weighted by atomic mass is 79.9. The summed E-state index contributed by atoms with van der Waals surface area (Å²) in [7, 11) is 0. The van der Waals surface area contributed by atoms with E-state index in [0.717, 1.165) is 4.47 Å². The number of carbonyl (C=O) groups is 1. The van der Waals surface area contributed by atoms with Gasteiger partial charge in [0.05, 0.1) is 5.56 Å². The number of carbonyl (C=O) groups excluding carboxylic acids is 1. The van der Waals surface area contributed by atoms with Crippen LogP contribution in [0.1, 0.15) is 23.7 Å². The number of nitrogen functional groups attached to an aromatic ring is 1. The van der Waals surface area contributed by atoms with Crippen molar-refractivity contribution in [1.82, 2.24) is 5.32 Å². The molecule has 1 aromatic carbocycles. The molecule has 0 heterocycles. The van der Waals surface area contributed by atoms with Crippen LogP contribution in [-0.2, 0) is 0 Å². The number of halogens is 1. The molecule has 0 bridgehead atoms. The molecule has 0 aliphatic rings. The predicted octanol–water partition coefficient (Wildman–Crippen LogP) is 2.17. The molecule has 1 atom stereocenters. The van der Waals surface area contributed by atoms with Crippen molar-refractivity contribution in [2.45, 2.75) is 19.4 Å². The fraction of sp³-hybridized carbons (Fsp3) is 0.250. The molecule has 4 heteroatoms. The van der Waals surface area contributed by atoms with E-state index in [4.69, 9.17) is 12.2 Å². The number of hydrogen-bond donors (Lipinski definition) is 2. The average Bonchev–Trinajstić information content (AvgIpc) is 2.21. The second kappa shape index (κ2) is 5.57. The smallest absolute Gasteiger partial charge is 0.253 e. The van der Waals surface area contributed by atoms with Crippen LogP contribution in [0.4, 0.5) is 5.69 Å². The van der Waals surface area contributed by atoms with Crippen LogP contribution in [0.5, 0.6) is 0 Å². The molecule has 0 aromatic heterocycles. The standard InChI is InChI=1S/C12H13BrN2O/c1-3-4-8(2)15-12(16)10-7-9(13)5-6-11(10)14/h1,5-8H,4,14H2,2H3,(H,15,16). The van der Waals surface area contributed by atoms with Gasteiger partial charge in [-0.05, 0) is 25.1 Å². The normalized spacial score (nSPS) is 11.6. The molecular formula is C12H13BrN2O. The van der Waals surface area contributed by atoms with Crippen LogP contribution in [0.25, 0.3) is 0 Å². The van der Waals surface area contributed by atoms with Crippen LogP contribution in [-0.4, -0.2) is 11.9 Å². The van der Waals surface area contributed by atoms with Crippen molar-refractivity contribution in [1.29, 1.82) is 0 Å². The zero-order chi connectivity index (χ0) is 12.1. The number of benzene rings is 1. The van der Waals surface area contributed by atoms with E-state index in [2.05, 4.69) is 27.2 Å². The summed E-state index contributed by atoms with van der Waals surface area (Å²) in [6, 6.07) is 5.10. The summed E-state index contributed by atoms with van der Waals surface area (Å²) in [5.41, 5.74) is 6.63. The van der Waals surface area contributed by atoms with Gasteiger partial charge in [0.2, 0.25) is 0 Å². The summed E-state index contributed by atoms with van der Waals surface area (Å²) in [6.45, 7) is 1.85. The van der Waals surface area contributed by atoms with E-state index >= 15 is 0 Å². The Morgan fingerprint density at radius 3 is 3.00 bits per heavy atom. The summed E-state index contributed by atoms with van der Waals surface area (Å²) in [4.78, 5) is 11.8. The topological polar surface area (TPSA) is 55.1 Å². The Morgan fingerprint density at radius 1 is 1.69 bits per heavy atom. The Bertz CT molecular complexity index is 437. The van der Waals surface area contributed by atoms with Crippen LogP contribution >= 0.6 is 15.9 Å². The molecule has 1 unspecified atom stereocenters. The summed E-state index contributed by atoms with van der Waals surface area (Å²) in [5.74, 6) is 2.29. The Kier molecular flexibility index (Phi) is 4.39. The van der Waals surface area contributed by atoms with Gasteiger partial charge in [0.15, 0.2) is 0 Å². The zero-order valence-corrected chi connectivity index (χ0v) is 10.5. The number of nitrogens with one attached hydrogen (secondary N) is 1. The first kappa shape index (κ1) is 12.6. The van der Waals surface area contributed by atoms with Crippen molar-refractivity contribution >= 4 is 27.5 Å². The Labute approximate surface area is 104 Å². The molecule has 1 rings (SSSR count). The minimum atomic E-state index is -0.207. The minimum Gasteiger partial charge on any atom is -0.398 e. The molecule has 1 aromatic rings. The van der Waals surface area contributed by atoms with Gasteiger partial charge in [-0.25, -0.2) is 0 Å². The van der Waals surface area contributed by atoms with Crippen molar-refractivity contribution < 1.29 is 4.79 Å².